The number of nitrogens with zero attached hydrogens (tertiary/aromatic N) is 1. The Morgan fingerprint density at radius 2 is 1.83 bits per heavy atom. The maximum absolute atomic E-state index is 5.40. The normalized spacial score (nSPS) is 12.1. The maximum atomic E-state index is 5.40. The van der Waals surface area contributed by atoms with Crippen molar-refractivity contribution in [3.8, 4) is 5.75 Å². The molecule has 0 unspecified atom stereocenters. The summed E-state index contributed by atoms with van der Waals surface area (Å²) in [7, 11) is 3.40. The number of hydrogen-bond donors (Lipinski definition) is 2. The number of aryl methyl sites for hydroxylation is 1. The predicted molar refractivity (Wildman–Crippen MR) is 96.4 cm³/mol. The van der Waals surface area contributed by atoms with Crippen molar-refractivity contribution in [2.45, 2.75) is 39.2 Å². The van der Waals surface area contributed by atoms with Crippen molar-refractivity contribution < 1.29 is 9.47 Å². The van der Waals surface area contributed by atoms with E-state index in [0.29, 0.717) is 6.54 Å². The Kier molecular flexibility index (Phi) is 8.48. The van der Waals surface area contributed by atoms with Gasteiger partial charge < -0.3 is 20.1 Å². The van der Waals surface area contributed by atoms with Crippen LogP contribution in [0.1, 0.15) is 32.8 Å². The van der Waals surface area contributed by atoms with Crippen LogP contribution >= 0.6 is 0 Å². The van der Waals surface area contributed by atoms with E-state index in [1.807, 2.05) is 26.0 Å². The van der Waals surface area contributed by atoms with E-state index in [9.17, 15) is 0 Å². The number of hydrogen-bond acceptors (Lipinski definition) is 3. The van der Waals surface area contributed by atoms with Gasteiger partial charge in [0.2, 0.25) is 0 Å². The molecule has 1 aromatic carbocycles. The highest BCUT2D eigenvalue weighted by Gasteiger charge is 2.15. The van der Waals surface area contributed by atoms with Gasteiger partial charge >= 0.3 is 0 Å². The second-order valence-corrected chi connectivity index (χ2v) is 6.04. The number of guanidine groups is 1. The lowest BCUT2D eigenvalue weighted by Gasteiger charge is -2.21. The molecule has 2 N–H and O–H groups in total. The number of ether oxygens (including phenoxy) is 2. The van der Waals surface area contributed by atoms with Crippen LogP contribution in [0, 0.1) is 0 Å². The molecule has 0 aliphatic rings. The Balaban J connectivity index is 2.38. The molecule has 0 heterocycles. The number of benzene rings is 1. The third-order valence-corrected chi connectivity index (χ3v) is 3.61. The fraction of sp³-hybridized carbons (Fsp3) is 0.611. The summed E-state index contributed by atoms with van der Waals surface area (Å²) >= 11 is 0. The van der Waals surface area contributed by atoms with Gasteiger partial charge in [0.05, 0.1) is 19.3 Å². The Morgan fingerprint density at radius 3 is 2.39 bits per heavy atom. The summed E-state index contributed by atoms with van der Waals surface area (Å²) in [6.07, 6.45) is 2.07. The van der Waals surface area contributed by atoms with Crippen LogP contribution in [0.15, 0.2) is 29.3 Å². The van der Waals surface area contributed by atoms with Crippen molar-refractivity contribution in [1.82, 2.24) is 10.6 Å². The van der Waals surface area contributed by atoms with E-state index in [4.69, 9.17) is 9.47 Å². The molecule has 0 amide bonds. The van der Waals surface area contributed by atoms with Crippen LogP contribution in [0.4, 0.5) is 0 Å². The van der Waals surface area contributed by atoms with Crippen LogP contribution in [0.25, 0.3) is 0 Å². The Morgan fingerprint density at radius 1 is 1.13 bits per heavy atom. The molecule has 0 aromatic heterocycles. The van der Waals surface area contributed by atoms with Crippen molar-refractivity contribution in [2.24, 2.45) is 4.99 Å². The fourth-order valence-corrected chi connectivity index (χ4v) is 1.97. The molecule has 0 aliphatic heterocycles. The zero-order valence-electron chi connectivity index (χ0n) is 15.1. The van der Waals surface area contributed by atoms with Crippen LogP contribution in [0.5, 0.6) is 5.75 Å². The molecule has 1 rings (SSSR count). The maximum Gasteiger partial charge on any atom is 0.191 e. The van der Waals surface area contributed by atoms with Crippen LogP contribution in [0.3, 0.4) is 0 Å². The molecule has 23 heavy (non-hydrogen) atoms. The van der Waals surface area contributed by atoms with Gasteiger partial charge in [-0.3, -0.25) is 4.99 Å². The van der Waals surface area contributed by atoms with Gasteiger partial charge in [-0.05, 0) is 51.3 Å². The standard InChI is InChI=1S/C18H31N3O2/c1-6-19-17(21-14-18(2,3)23-5)20-13-7-8-15-9-11-16(22-4)12-10-15/h9-12H,6-8,13-14H2,1-5H3,(H2,19,20,21). The summed E-state index contributed by atoms with van der Waals surface area (Å²) < 4.78 is 10.6. The molecule has 130 valence electrons. The highest BCUT2D eigenvalue weighted by Crippen LogP contribution is 2.12. The van der Waals surface area contributed by atoms with Gasteiger partial charge in [0.15, 0.2) is 5.96 Å². The smallest absolute Gasteiger partial charge is 0.191 e. The predicted octanol–water partition coefficient (Wildman–Crippen LogP) is 2.61. The first kappa shape index (κ1) is 19.3. The molecule has 0 bridgehead atoms. The van der Waals surface area contributed by atoms with E-state index in [1.54, 1.807) is 14.2 Å². The van der Waals surface area contributed by atoms with Gasteiger partial charge in [-0.1, -0.05) is 12.1 Å². The van der Waals surface area contributed by atoms with Crippen LogP contribution in [-0.4, -0.2) is 45.4 Å². The number of nitrogens with one attached hydrogen (secondary N) is 2. The molecule has 0 atom stereocenters. The van der Waals surface area contributed by atoms with Gasteiger partial charge in [-0.15, -0.1) is 0 Å². The van der Waals surface area contributed by atoms with Crippen molar-refractivity contribution in [3.05, 3.63) is 29.8 Å². The molecular weight excluding hydrogens is 290 g/mol. The minimum Gasteiger partial charge on any atom is -0.497 e. The largest absolute Gasteiger partial charge is 0.497 e. The first-order chi connectivity index (χ1) is 11.0. The lowest BCUT2D eigenvalue weighted by atomic mass is 10.1. The van der Waals surface area contributed by atoms with Crippen LogP contribution in [0.2, 0.25) is 0 Å². The summed E-state index contributed by atoms with van der Waals surface area (Å²) in [5, 5.41) is 6.63. The SMILES string of the molecule is CCNC(=NCC(C)(C)OC)NCCCc1ccc(OC)cc1. The minimum absolute atomic E-state index is 0.245. The summed E-state index contributed by atoms with van der Waals surface area (Å²) in [4.78, 5) is 4.58. The van der Waals surface area contributed by atoms with Crippen molar-refractivity contribution >= 4 is 5.96 Å². The van der Waals surface area contributed by atoms with Gasteiger partial charge in [0.1, 0.15) is 5.75 Å². The molecule has 0 spiro atoms. The van der Waals surface area contributed by atoms with Crippen LogP contribution in [-0.2, 0) is 11.2 Å². The van der Waals surface area contributed by atoms with E-state index in [0.717, 1.165) is 37.6 Å². The first-order valence-corrected chi connectivity index (χ1v) is 8.21. The van der Waals surface area contributed by atoms with E-state index in [-0.39, 0.29) is 5.60 Å². The van der Waals surface area contributed by atoms with Crippen molar-refractivity contribution in [1.29, 1.82) is 0 Å². The van der Waals surface area contributed by atoms with Crippen molar-refractivity contribution in [3.63, 3.8) is 0 Å². The molecule has 0 saturated carbocycles. The third kappa shape index (κ3) is 7.88. The molecule has 5 nitrogen and oxygen atoms in total. The second kappa shape index (κ2) is 10.1. The molecule has 0 saturated heterocycles. The first-order valence-electron chi connectivity index (χ1n) is 8.21. The Labute approximate surface area is 140 Å². The lowest BCUT2D eigenvalue weighted by molar-refractivity contribution is 0.0310. The van der Waals surface area contributed by atoms with Crippen LogP contribution < -0.4 is 15.4 Å². The van der Waals surface area contributed by atoms with E-state index >= 15 is 0 Å². The minimum atomic E-state index is -0.245. The molecule has 5 heteroatoms. The number of rotatable bonds is 9. The summed E-state index contributed by atoms with van der Waals surface area (Å²) in [5.74, 6) is 1.74. The average Bonchev–Trinajstić information content (AvgIpc) is 2.57. The Bertz CT molecular complexity index is 470. The van der Waals surface area contributed by atoms with Gasteiger partial charge in [-0.2, -0.15) is 0 Å². The molecule has 0 radical (unpaired) electrons. The molecular formula is C18H31N3O2. The third-order valence-electron chi connectivity index (χ3n) is 3.61. The highest BCUT2D eigenvalue weighted by molar-refractivity contribution is 5.79. The zero-order valence-corrected chi connectivity index (χ0v) is 15.1. The highest BCUT2D eigenvalue weighted by atomic mass is 16.5. The van der Waals surface area contributed by atoms with E-state index in [1.165, 1.54) is 5.56 Å². The van der Waals surface area contributed by atoms with Gasteiger partial charge in [0, 0.05) is 20.2 Å². The zero-order chi connectivity index (χ0) is 17.1. The van der Waals surface area contributed by atoms with Gasteiger partial charge in [0.25, 0.3) is 0 Å². The summed E-state index contributed by atoms with van der Waals surface area (Å²) in [6.45, 7) is 8.48. The Hall–Kier alpha value is -1.75. The number of aliphatic imine (C=N–C) groups is 1. The quantitative estimate of drug-likeness (QED) is 0.417. The average molecular weight is 321 g/mol. The summed E-state index contributed by atoms with van der Waals surface area (Å²) in [5.41, 5.74) is 1.07. The lowest BCUT2D eigenvalue weighted by Crippen LogP contribution is -2.39. The van der Waals surface area contributed by atoms with E-state index in [2.05, 4.69) is 34.7 Å². The topological polar surface area (TPSA) is 54.9 Å². The summed E-state index contributed by atoms with van der Waals surface area (Å²) in [6, 6.07) is 8.22. The fourth-order valence-electron chi connectivity index (χ4n) is 1.97. The van der Waals surface area contributed by atoms with Gasteiger partial charge in [-0.25, -0.2) is 0 Å². The monoisotopic (exact) mass is 321 g/mol. The van der Waals surface area contributed by atoms with Crippen molar-refractivity contribution in [2.75, 3.05) is 33.9 Å². The molecule has 0 aliphatic carbocycles. The second-order valence-electron chi connectivity index (χ2n) is 6.04. The van der Waals surface area contributed by atoms with E-state index < -0.39 is 0 Å². The molecule has 0 fully saturated rings. The molecule has 1 aromatic rings. The number of methoxy groups -OCH3 is 2.